The minimum Gasteiger partial charge on any atom is -0.459 e. The molecule has 0 saturated heterocycles. The van der Waals surface area contributed by atoms with Crippen molar-refractivity contribution in [3.63, 3.8) is 0 Å². The number of rotatable bonds is 8. The first-order valence-corrected chi connectivity index (χ1v) is 5.86. The zero-order valence-corrected chi connectivity index (χ0v) is 11.5. The van der Waals surface area contributed by atoms with Crippen molar-refractivity contribution in [2.24, 2.45) is 0 Å². The first-order chi connectivity index (χ1) is 9.16. The maximum Gasteiger partial charge on any atom is 0.333 e. The highest BCUT2D eigenvalue weighted by Gasteiger charge is 2.27. The normalized spacial score (nSPS) is 14.8. The van der Waals surface area contributed by atoms with Crippen molar-refractivity contribution in [1.82, 2.24) is 0 Å². The van der Waals surface area contributed by atoms with Gasteiger partial charge in [0.25, 0.3) is 0 Å². The minimum atomic E-state index is -1.63. The fourth-order valence-electron chi connectivity index (χ4n) is 1.02. The standard InChI is InChI=1S/C13H20O7/c1-7(2)12(17)19-5-9(14)11(16)10(15)6-20-13(18)8(3)4/h9-11,14-16H,1,3,5-6H2,2,4H3. The van der Waals surface area contributed by atoms with Gasteiger partial charge in [0.05, 0.1) is 0 Å². The maximum absolute atomic E-state index is 11.1. The molecule has 0 radical (unpaired) electrons. The van der Waals surface area contributed by atoms with Gasteiger partial charge < -0.3 is 24.8 Å². The van der Waals surface area contributed by atoms with Crippen LogP contribution in [0.4, 0.5) is 0 Å². The van der Waals surface area contributed by atoms with Gasteiger partial charge in [0.15, 0.2) is 0 Å². The Bertz CT molecular complexity index is 352. The summed E-state index contributed by atoms with van der Waals surface area (Å²) in [5, 5.41) is 28.6. The third-order valence-electron chi connectivity index (χ3n) is 2.26. The SMILES string of the molecule is C=C(C)C(=O)OCC(O)C(O)C(O)COC(=O)C(=C)C. The van der Waals surface area contributed by atoms with Gasteiger partial charge in [-0.05, 0) is 13.8 Å². The third-order valence-corrected chi connectivity index (χ3v) is 2.26. The molecule has 0 aromatic heterocycles. The first kappa shape index (κ1) is 18.3. The molecule has 0 spiro atoms. The number of hydrogen-bond donors (Lipinski definition) is 3. The largest absolute Gasteiger partial charge is 0.459 e. The fourth-order valence-corrected chi connectivity index (χ4v) is 1.02. The van der Waals surface area contributed by atoms with E-state index < -0.39 is 43.5 Å². The molecule has 0 bridgehead atoms. The van der Waals surface area contributed by atoms with E-state index in [1.807, 2.05) is 0 Å². The summed E-state index contributed by atoms with van der Waals surface area (Å²) >= 11 is 0. The smallest absolute Gasteiger partial charge is 0.333 e. The predicted molar refractivity (Wildman–Crippen MR) is 69.6 cm³/mol. The summed E-state index contributed by atoms with van der Waals surface area (Å²) in [7, 11) is 0. The number of esters is 2. The summed E-state index contributed by atoms with van der Waals surface area (Å²) in [6, 6.07) is 0. The summed E-state index contributed by atoms with van der Waals surface area (Å²) in [6.07, 6.45) is -4.67. The van der Waals surface area contributed by atoms with Crippen molar-refractivity contribution in [2.75, 3.05) is 13.2 Å². The molecule has 0 amide bonds. The van der Waals surface area contributed by atoms with Crippen molar-refractivity contribution in [3.05, 3.63) is 24.3 Å². The lowest BCUT2D eigenvalue weighted by Gasteiger charge is -2.22. The summed E-state index contributed by atoms with van der Waals surface area (Å²) in [5.74, 6) is -1.45. The fraction of sp³-hybridized carbons (Fsp3) is 0.538. The van der Waals surface area contributed by atoms with Gasteiger partial charge in [-0.15, -0.1) is 0 Å². The number of aliphatic hydroxyl groups is 3. The predicted octanol–water partition coefficient (Wildman–Crippen LogP) is -0.692. The van der Waals surface area contributed by atoms with E-state index in [0.717, 1.165) is 0 Å². The van der Waals surface area contributed by atoms with Crippen LogP contribution in [0.25, 0.3) is 0 Å². The lowest BCUT2D eigenvalue weighted by Crippen LogP contribution is -2.43. The molecular weight excluding hydrogens is 268 g/mol. The lowest BCUT2D eigenvalue weighted by atomic mass is 10.1. The Morgan fingerprint density at radius 3 is 1.45 bits per heavy atom. The number of carbonyl (C=O) groups excluding carboxylic acids is 2. The van der Waals surface area contributed by atoms with Crippen LogP contribution < -0.4 is 0 Å². The van der Waals surface area contributed by atoms with Gasteiger partial charge in [-0.3, -0.25) is 0 Å². The van der Waals surface area contributed by atoms with E-state index in [0.29, 0.717) is 0 Å². The van der Waals surface area contributed by atoms with Gasteiger partial charge in [0.1, 0.15) is 31.5 Å². The van der Waals surface area contributed by atoms with Crippen molar-refractivity contribution in [3.8, 4) is 0 Å². The Hall–Kier alpha value is -1.70. The Kier molecular flexibility index (Phi) is 7.75. The Labute approximate surface area is 117 Å². The van der Waals surface area contributed by atoms with E-state index in [1.165, 1.54) is 13.8 Å². The molecule has 3 N–H and O–H groups in total. The zero-order chi connectivity index (χ0) is 15.9. The van der Waals surface area contributed by atoms with Gasteiger partial charge in [-0.25, -0.2) is 9.59 Å². The van der Waals surface area contributed by atoms with Crippen molar-refractivity contribution >= 4 is 11.9 Å². The molecule has 0 aliphatic rings. The first-order valence-electron chi connectivity index (χ1n) is 5.86. The molecule has 0 aromatic rings. The quantitative estimate of drug-likeness (QED) is 0.400. The van der Waals surface area contributed by atoms with Crippen molar-refractivity contribution in [1.29, 1.82) is 0 Å². The van der Waals surface area contributed by atoms with E-state index in [4.69, 9.17) is 0 Å². The molecule has 0 aromatic carbocycles. The average molecular weight is 288 g/mol. The Morgan fingerprint density at radius 1 is 0.900 bits per heavy atom. The molecule has 0 saturated carbocycles. The number of carbonyl (C=O) groups is 2. The highest BCUT2D eigenvalue weighted by Crippen LogP contribution is 2.04. The van der Waals surface area contributed by atoms with Crippen LogP contribution in [0.3, 0.4) is 0 Å². The molecule has 7 nitrogen and oxygen atoms in total. The van der Waals surface area contributed by atoms with Gasteiger partial charge in [0.2, 0.25) is 0 Å². The van der Waals surface area contributed by atoms with E-state index in [9.17, 15) is 24.9 Å². The topological polar surface area (TPSA) is 113 Å². The molecule has 0 heterocycles. The molecule has 0 rings (SSSR count). The van der Waals surface area contributed by atoms with Crippen LogP contribution >= 0.6 is 0 Å². The van der Waals surface area contributed by atoms with Crippen LogP contribution in [0.15, 0.2) is 24.3 Å². The molecule has 20 heavy (non-hydrogen) atoms. The van der Waals surface area contributed by atoms with Crippen LogP contribution in [-0.2, 0) is 19.1 Å². The molecular formula is C13H20O7. The molecule has 7 heteroatoms. The molecule has 0 aliphatic carbocycles. The van der Waals surface area contributed by atoms with Crippen molar-refractivity contribution in [2.45, 2.75) is 32.2 Å². The summed E-state index contributed by atoms with van der Waals surface area (Å²) < 4.78 is 9.24. The van der Waals surface area contributed by atoms with Crippen LogP contribution in [0.5, 0.6) is 0 Å². The maximum atomic E-state index is 11.1. The molecule has 0 fully saturated rings. The monoisotopic (exact) mass is 288 g/mol. The van der Waals surface area contributed by atoms with E-state index >= 15 is 0 Å². The van der Waals surface area contributed by atoms with Crippen LogP contribution in [0.1, 0.15) is 13.8 Å². The van der Waals surface area contributed by atoms with E-state index in [-0.39, 0.29) is 11.1 Å². The van der Waals surface area contributed by atoms with Gasteiger partial charge in [0, 0.05) is 11.1 Å². The highest BCUT2D eigenvalue weighted by atomic mass is 16.6. The minimum absolute atomic E-state index is 0.141. The van der Waals surface area contributed by atoms with Crippen LogP contribution in [0.2, 0.25) is 0 Å². The third kappa shape index (κ3) is 6.46. The molecule has 0 aliphatic heterocycles. The molecule has 114 valence electrons. The summed E-state index contributed by atoms with van der Waals surface area (Å²) in [5.41, 5.74) is 0.283. The van der Waals surface area contributed by atoms with Crippen molar-refractivity contribution < 1.29 is 34.4 Å². The second-order valence-corrected chi connectivity index (χ2v) is 4.38. The second kappa shape index (κ2) is 8.47. The summed E-state index contributed by atoms with van der Waals surface area (Å²) in [6.45, 7) is 8.51. The van der Waals surface area contributed by atoms with Crippen LogP contribution in [0, 0.1) is 0 Å². The number of ether oxygens (including phenoxy) is 2. The number of aliphatic hydroxyl groups excluding tert-OH is 3. The second-order valence-electron chi connectivity index (χ2n) is 4.38. The van der Waals surface area contributed by atoms with Gasteiger partial charge in [-0.1, -0.05) is 13.2 Å². The number of hydrogen-bond acceptors (Lipinski definition) is 7. The lowest BCUT2D eigenvalue weighted by molar-refractivity contribution is -0.153. The zero-order valence-electron chi connectivity index (χ0n) is 11.5. The highest BCUT2D eigenvalue weighted by molar-refractivity contribution is 5.87. The molecule has 2 unspecified atom stereocenters. The van der Waals surface area contributed by atoms with E-state index in [1.54, 1.807) is 0 Å². The van der Waals surface area contributed by atoms with Gasteiger partial charge >= 0.3 is 11.9 Å². The van der Waals surface area contributed by atoms with E-state index in [2.05, 4.69) is 22.6 Å². The van der Waals surface area contributed by atoms with Crippen LogP contribution in [-0.4, -0.2) is 58.8 Å². The molecule has 2 atom stereocenters. The summed E-state index contributed by atoms with van der Waals surface area (Å²) in [4.78, 5) is 22.1. The van der Waals surface area contributed by atoms with Gasteiger partial charge in [-0.2, -0.15) is 0 Å². The Morgan fingerprint density at radius 2 is 1.20 bits per heavy atom. The average Bonchev–Trinajstić information content (AvgIpc) is 2.39. The Balaban J connectivity index is 4.18.